The van der Waals surface area contributed by atoms with Crippen LogP contribution in [-0.4, -0.2) is 23.7 Å². The summed E-state index contributed by atoms with van der Waals surface area (Å²) in [5.74, 6) is -0.430. The van der Waals surface area contributed by atoms with E-state index in [1.54, 1.807) is 0 Å². The summed E-state index contributed by atoms with van der Waals surface area (Å²) in [6, 6.07) is 3.84. The van der Waals surface area contributed by atoms with Gasteiger partial charge in [-0.3, -0.25) is 4.79 Å². The van der Waals surface area contributed by atoms with Crippen LogP contribution in [0.25, 0.3) is 0 Å². The Morgan fingerprint density at radius 3 is 2.44 bits per heavy atom. The molecule has 1 aromatic carbocycles. The predicted molar refractivity (Wildman–Crippen MR) is 66.9 cm³/mol. The van der Waals surface area contributed by atoms with Gasteiger partial charge in [0.25, 0.3) is 0 Å². The van der Waals surface area contributed by atoms with Gasteiger partial charge in [0.05, 0.1) is 6.42 Å². The number of aryl methyl sites for hydroxylation is 2. The quantitative estimate of drug-likeness (QED) is 0.860. The number of carboxylic acids is 1. The molecule has 0 saturated carbocycles. The molecule has 0 bridgehead atoms. The molecule has 0 unspecified atom stereocenters. The molecule has 0 radical (unpaired) electrons. The first kappa shape index (κ1) is 14.0. The monoisotopic (exact) mass is 251 g/mol. The first-order valence-corrected chi connectivity index (χ1v) is 5.66. The maximum absolute atomic E-state index is 11.5. The zero-order valence-electron chi connectivity index (χ0n) is 10.7. The van der Waals surface area contributed by atoms with Gasteiger partial charge >= 0.3 is 12.1 Å². The summed E-state index contributed by atoms with van der Waals surface area (Å²) in [4.78, 5) is 21.8. The lowest BCUT2D eigenvalue weighted by Gasteiger charge is -2.12. The Labute approximate surface area is 106 Å². The maximum Gasteiger partial charge on any atom is 0.412 e. The van der Waals surface area contributed by atoms with Crippen LogP contribution in [0.1, 0.15) is 23.1 Å². The number of aliphatic carboxylic acids is 1. The van der Waals surface area contributed by atoms with Gasteiger partial charge in [0.15, 0.2) is 0 Å². The highest BCUT2D eigenvalue weighted by atomic mass is 16.6. The van der Waals surface area contributed by atoms with Crippen molar-refractivity contribution in [2.75, 3.05) is 6.54 Å². The molecule has 0 aliphatic rings. The van der Waals surface area contributed by atoms with Crippen molar-refractivity contribution in [3.63, 3.8) is 0 Å². The molecular weight excluding hydrogens is 234 g/mol. The van der Waals surface area contributed by atoms with E-state index in [0.29, 0.717) is 5.75 Å². The van der Waals surface area contributed by atoms with Gasteiger partial charge in [-0.2, -0.15) is 0 Å². The summed E-state index contributed by atoms with van der Waals surface area (Å²) in [6.07, 6.45) is -0.756. The number of benzene rings is 1. The molecule has 0 aliphatic heterocycles. The van der Waals surface area contributed by atoms with Gasteiger partial charge in [0.1, 0.15) is 5.75 Å². The molecular formula is C13H17NO4. The van der Waals surface area contributed by atoms with Crippen molar-refractivity contribution in [2.45, 2.75) is 27.2 Å². The predicted octanol–water partition coefficient (Wildman–Crippen LogP) is 2.17. The van der Waals surface area contributed by atoms with Crippen LogP contribution < -0.4 is 10.1 Å². The number of ether oxygens (including phenoxy) is 1. The third kappa shape index (κ3) is 3.76. The fourth-order valence-electron chi connectivity index (χ4n) is 1.48. The minimum atomic E-state index is -0.960. The van der Waals surface area contributed by atoms with Crippen molar-refractivity contribution < 1.29 is 19.4 Å². The molecule has 2 N–H and O–H groups in total. The molecule has 0 aromatic heterocycles. The molecule has 0 atom stereocenters. The fourth-order valence-corrected chi connectivity index (χ4v) is 1.48. The first-order chi connectivity index (χ1) is 8.41. The third-order valence-corrected chi connectivity index (χ3v) is 2.68. The summed E-state index contributed by atoms with van der Waals surface area (Å²) >= 11 is 0. The van der Waals surface area contributed by atoms with E-state index >= 15 is 0 Å². The number of rotatable bonds is 4. The molecule has 18 heavy (non-hydrogen) atoms. The van der Waals surface area contributed by atoms with Gasteiger partial charge < -0.3 is 15.2 Å². The topological polar surface area (TPSA) is 75.6 Å². The molecule has 1 aromatic rings. The number of nitrogens with one attached hydrogen (secondary N) is 1. The standard InChI is InChI=1S/C13H17NO4/c1-8-4-5-9(2)12(10(8)3)18-13(17)14-7-6-11(15)16/h4-5H,6-7H2,1-3H3,(H,14,17)(H,15,16). The Kier molecular flexibility index (Phi) is 4.71. The second-order valence-corrected chi connectivity index (χ2v) is 4.11. The summed E-state index contributed by atoms with van der Waals surface area (Å²) in [5, 5.41) is 10.8. The second kappa shape index (κ2) is 6.05. The lowest BCUT2D eigenvalue weighted by molar-refractivity contribution is -0.136. The number of carbonyl (C=O) groups excluding carboxylic acids is 1. The van der Waals surface area contributed by atoms with E-state index in [-0.39, 0.29) is 13.0 Å². The summed E-state index contributed by atoms with van der Waals surface area (Å²) < 4.78 is 5.20. The van der Waals surface area contributed by atoms with Crippen molar-refractivity contribution in [2.24, 2.45) is 0 Å². The Bertz CT molecular complexity index is 468. The van der Waals surface area contributed by atoms with Crippen LogP contribution in [-0.2, 0) is 4.79 Å². The zero-order valence-corrected chi connectivity index (χ0v) is 10.7. The summed E-state index contributed by atoms with van der Waals surface area (Å²) in [5.41, 5.74) is 2.81. The molecule has 5 nitrogen and oxygen atoms in total. The van der Waals surface area contributed by atoms with Crippen LogP contribution in [0.5, 0.6) is 5.75 Å². The normalized spacial score (nSPS) is 9.94. The van der Waals surface area contributed by atoms with Crippen molar-refractivity contribution >= 4 is 12.1 Å². The zero-order chi connectivity index (χ0) is 13.7. The molecule has 0 spiro atoms. The van der Waals surface area contributed by atoms with E-state index in [9.17, 15) is 9.59 Å². The average molecular weight is 251 g/mol. The third-order valence-electron chi connectivity index (χ3n) is 2.68. The number of hydrogen-bond donors (Lipinski definition) is 2. The molecule has 0 aliphatic carbocycles. The second-order valence-electron chi connectivity index (χ2n) is 4.11. The number of carbonyl (C=O) groups is 2. The van der Waals surface area contributed by atoms with Gasteiger partial charge in [0.2, 0.25) is 0 Å². The highest BCUT2D eigenvalue weighted by Gasteiger charge is 2.11. The molecule has 1 rings (SSSR count). The van der Waals surface area contributed by atoms with Gasteiger partial charge in [-0.15, -0.1) is 0 Å². The minimum absolute atomic E-state index is 0.0536. The molecule has 0 fully saturated rings. The van der Waals surface area contributed by atoms with Crippen LogP contribution >= 0.6 is 0 Å². The molecule has 98 valence electrons. The van der Waals surface area contributed by atoms with Gasteiger partial charge in [0, 0.05) is 6.54 Å². The highest BCUT2D eigenvalue weighted by Crippen LogP contribution is 2.25. The van der Waals surface area contributed by atoms with Gasteiger partial charge in [-0.25, -0.2) is 4.79 Å². The highest BCUT2D eigenvalue weighted by molar-refractivity contribution is 5.73. The van der Waals surface area contributed by atoms with Crippen molar-refractivity contribution in [3.05, 3.63) is 28.8 Å². The van der Waals surface area contributed by atoms with E-state index < -0.39 is 12.1 Å². The Morgan fingerprint density at radius 1 is 1.22 bits per heavy atom. The summed E-state index contributed by atoms with van der Waals surface area (Å²) in [7, 11) is 0. The lowest BCUT2D eigenvalue weighted by Crippen LogP contribution is -2.29. The van der Waals surface area contributed by atoms with E-state index in [4.69, 9.17) is 9.84 Å². The smallest absolute Gasteiger partial charge is 0.412 e. The van der Waals surface area contributed by atoms with Crippen LogP contribution in [0.2, 0.25) is 0 Å². The number of amides is 1. The largest absolute Gasteiger partial charge is 0.481 e. The molecule has 0 heterocycles. The van der Waals surface area contributed by atoms with Crippen molar-refractivity contribution in [1.82, 2.24) is 5.32 Å². The van der Waals surface area contributed by atoms with E-state index in [1.807, 2.05) is 32.9 Å². The number of carboxylic acid groups (broad SMARTS) is 1. The Hall–Kier alpha value is -2.04. The van der Waals surface area contributed by atoms with Crippen LogP contribution in [0.15, 0.2) is 12.1 Å². The minimum Gasteiger partial charge on any atom is -0.481 e. The van der Waals surface area contributed by atoms with Crippen LogP contribution in [0.3, 0.4) is 0 Å². The van der Waals surface area contributed by atoms with Crippen molar-refractivity contribution in [3.8, 4) is 5.75 Å². The fraction of sp³-hybridized carbons (Fsp3) is 0.385. The van der Waals surface area contributed by atoms with Crippen LogP contribution in [0, 0.1) is 20.8 Å². The van der Waals surface area contributed by atoms with Gasteiger partial charge in [-0.05, 0) is 37.5 Å². The van der Waals surface area contributed by atoms with Crippen LogP contribution in [0.4, 0.5) is 4.79 Å². The van der Waals surface area contributed by atoms with E-state index in [1.165, 1.54) is 0 Å². The Balaban J connectivity index is 2.65. The van der Waals surface area contributed by atoms with Gasteiger partial charge in [-0.1, -0.05) is 12.1 Å². The van der Waals surface area contributed by atoms with Crippen molar-refractivity contribution in [1.29, 1.82) is 0 Å². The SMILES string of the molecule is Cc1ccc(C)c(OC(=O)NCCC(=O)O)c1C. The number of hydrogen-bond acceptors (Lipinski definition) is 3. The molecule has 0 saturated heterocycles. The molecule has 1 amide bonds. The Morgan fingerprint density at radius 2 is 1.83 bits per heavy atom. The maximum atomic E-state index is 11.5. The van der Waals surface area contributed by atoms with E-state index in [2.05, 4.69) is 5.32 Å². The summed E-state index contributed by atoms with van der Waals surface area (Å²) in [6.45, 7) is 5.72. The van der Waals surface area contributed by atoms with E-state index in [0.717, 1.165) is 16.7 Å². The molecule has 5 heteroatoms. The lowest BCUT2D eigenvalue weighted by atomic mass is 10.1. The average Bonchev–Trinajstić information content (AvgIpc) is 2.29. The first-order valence-electron chi connectivity index (χ1n) is 5.66.